The zero-order valence-corrected chi connectivity index (χ0v) is 11.8. The highest BCUT2D eigenvalue weighted by atomic mass is 35.5. The Balaban J connectivity index is 2.10. The highest BCUT2D eigenvalue weighted by Crippen LogP contribution is 2.42. The van der Waals surface area contributed by atoms with Gasteiger partial charge in [0.1, 0.15) is 16.8 Å². The van der Waals surface area contributed by atoms with Gasteiger partial charge in [-0.15, -0.1) is 0 Å². The minimum atomic E-state index is -0.248. The molecule has 1 aliphatic carbocycles. The Morgan fingerprint density at radius 2 is 2.22 bits per heavy atom. The summed E-state index contributed by atoms with van der Waals surface area (Å²) in [6.45, 7) is 6.19. The first-order chi connectivity index (χ1) is 8.43. The lowest BCUT2D eigenvalue weighted by molar-refractivity contribution is -0.0511. The summed E-state index contributed by atoms with van der Waals surface area (Å²) < 4.78 is 0. The smallest absolute Gasteiger partial charge is 0.134 e. The van der Waals surface area contributed by atoms with Crippen LogP contribution >= 0.6 is 11.6 Å². The van der Waals surface area contributed by atoms with Crippen molar-refractivity contribution in [3.05, 3.63) is 17.0 Å². The summed E-state index contributed by atoms with van der Waals surface area (Å²) in [5, 5.41) is 13.5. The number of rotatable bonds is 4. The Kier molecular flexibility index (Phi) is 3.78. The number of nitrogens with one attached hydrogen (secondary N) is 1. The van der Waals surface area contributed by atoms with Crippen LogP contribution in [0.3, 0.4) is 0 Å². The van der Waals surface area contributed by atoms with Crippen molar-refractivity contribution in [1.29, 1.82) is 0 Å². The molecule has 0 bridgehead atoms. The molecule has 2 atom stereocenters. The largest absolute Gasteiger partial charge is 0.392 e. The van der Waals surface area contributed by atoms with Crippen LogP contribution in [-0.4, -0.2) is 27.2 Å². The van der Waals surface area contributed by atoms with E-state index in [4.69, 9.17) is 11.6 Å². The number of anilines is 1. The van der Waals surface area contributed by atoms with E-state index in [1.165, 1.54) is 0 Å². The van der Waals surface area contributed by atoms with Gasteiger partial charge in [0.15, 0.2) is 0 Å². The van der Waals surface area contributed by atoms with Crippen molar-refractivity contribution in [2.45, 2.75) is 52.2 Å². The molecular formula is C13H20ClN3O. The number of halogens is 1. The van der Waals surface area contributed by atoms with Crippen molar-refractivity contribution in [2.24, 2.45) is 5.41 Å². The van der Waals surface area contributed by atoms with Crippen molar-refractivity contribution in [3.8, 4) is 0 Å². The maximum absolute atomic E-state index is 9.72. The minimum Gasteiger partial charge on any atom is -0.392 e. The first-order valence-electron chi connectivity index (χ1n) is 6.41. The van der Waals surface area contributed by atoms with E-state index < -0.39 is 0 Å². The second-order valence-corrected chi connectivity index (χ2v) is 5.90. The van der Waals surface area contributed by atoms with Crippen molar-refractivity contribution in [2.75, 3.05) is 5.32 Å². The van der Waals surface area contributed by atoms with Gasteiger partial charge in [-0.1, -0.05) is 32.4 Å². The van der Waals surface area contributed by atoms with E-state index in [0.717, 1.165) is 30.9 Å². The number of hydrogen-bond acceptors (Lipinski definition) is 4. The maximum atomic E-state index is 9.72. The van der Waals surface area contributed by atoms with E-state index in [2.05, 4.69) is 36.1 Å². The second kappa shape index (κ2) is 5.02. The quantitative estimate of drug-likeness (QED) is 0.825. The first-order valence-corrected chi connectivity index (χ1v) is 6.79. The number of aromatic nitrogens is 2. The molecule has 1 heterocycles. The summed E-state index contributed by atoms with van der Waals surface area (Å²) in [7, 11) is 0. The van der Waals surface area contributed by atoms with E-state index in [9.17, 15) is 5.11 Å². The molecule has 0 spiro atoms. The maximum Gasteiger partial charge on any atom is 0.134 e. The summed E-state index contributed by atoms with van der Waals surface area (Å²) in [6, 6.07) is 1.97. The van der Waals surface area contributed by atoms with Gasteiger partial charge in [-0.2, -0.15) is 0 Å². The predicted molar refractivity (Wildman–Crippen MR) is 72.9 cm³/mol. The SMILES string of the molecule is CCCc1nc(Cl)cc(NC2CC(O)C2(C)C)n1. The molecule has 0 aliphatic heterocycles. The zero-order valence-electron chi connectivity index (χ0n) is 11.1. The summed E-state index contributed by atoms with van der Waals surface area (Å²) >= 11 is 5.99. The van der Waals surface area contributed by atoms with Gasteiger partial charge in [0.2, 0.25) is 0 Å². The van der Waals surface area contributed by atoms with Gasteiger partial charge >= 0.3 is 0 Å². The van der Waals surface area contributed by atoms with E-state index in [1.54, 1.807) is 6.07 Å². The van der Waals surface area contributed by atoms with Crippen LogP contribution in [0, 0.1) is 5.41 Å². The lowest BCUT2D eigenvalue weighted by Gasteiger charge is -2.49. The Bertz CT molecular complexity index is 436. The number of hydrogen-bond donors (Lipinski definition) is 2. The number of nitrogens with zero attached hydrogens (tertiary/aromatic N) is 2. The van der Waals surface area contributed by atoms with Gasteiger partial charge in [0.05, 0.1) is 6.10 Å². The summed E-state index contributed by atoms with van der Waals surface area (Å²) in [6.07, 6.45) is 2.32. The molecule has 1 aromatic rings. The van der Waals surface area contributed by atoms with Crippen LogP contribution in [0.4, 0.5) is 5.82 Å². The van der Waals surface area contributed by atoms with Crippen molar-refractivity contribution >= 4 is 17.4 Å². The lowest BCUT2D eigenvalue weighted by atomic mass is 9.64. The van der Waals surface area contributed by atoms with Crippen molar-refractivity contribution < 1.29 is 5.11 Å². The molecule has 1 aliphatic rings. The van der Waals surface area contributed by atoms with E-state index >= 15 is 0 Å². The number of aliphatic hydroxyl groups excluding tert-OH is 1. The molecule has 0 radical (unpaired) electrons. The summed E-state index contributed by atoms with van der Waals surface area (Å²) in [5.41, 5.74) is -0.123. The zero-order chi connectivity index (χ0) is 13.3. The molecule has 5 heteroatoms. The molecule has 4 nitrogen and oxygen atoms in total. The Morgan fingerprint density at radius 3 is 2.78 bits per heavy atom. The van der Waals surface area contributed by atoms with Crippen LogP contribution in [0.2, 0.25) is 5.15 Å². The molecule has 1 saturated carbocycles. The Morgan fingerprint density at radius 1 is 1.50 bits per heavy atom. The molecular weight excluding hydrogens is 250 g/mol. The van der Waals surface area contributed by atoms with Crippen LogP contribution < -0.4 is 5.32 Å². The minimum absolute atomic E-state index is 0.123. The van der Waals surface area contributed by atoms with E-state index in [0.29, 0.717) is 5.15 Å². The molecule has 0 saturated heterocycles. The summed E-state index contributed by atoms with van der Waals surface area (Å²) in [4.78, 5) is 8.64. The molecule has 18 heavy (non-hydrogen) atoms. The van der Waals surface area contributed by atoms with E-state index in [1.807, 2.05) is 0 Å². The van der Waals surface area contributed by atoms with Crippen LogP contribution in [0.25, 0.3) is 0 Å². The average molecular weight is 270 g/mol. The van der Waals surface area contributed by atoms with Crippen LogP contribution in [0.15, 0.2) is 6.07 Å². The van der Waals surface area contributed by atoms with Crippen LogP contribution in [0.5, 0.6) is 0 Å². The van der Waals surface area contributed by atoms with Gasteiger partial charge in [0, 0.05) is 23.9 Å². The lowest BCUT2D eigenvalue weighted by Crippen LogP contribution is -2.57. The first kappa shape index (κ1) is 13.6. The summed E-state index contributed by atoms with van der Waals surface area (Å²) in [5.74, 6) is 1.52. The topological polar surface area (TPSA) is 58.0 Å². The van der Waals surface area contributed by atoms with Gasteiger partial charge in [0.25, 0.3) is 0 Å². The molecule has 1 fully saturated rings. The second-order valence-electron chi connectivity index (χ2n) is 5.51. The molecule has 1 aromatic heterocycles. The fourth-order valence-corrected chi connectivity index (χ4v) is 2.40. The van der Waals surface area contributed by atoms with Crippen LogP contribution in [0.1, 0.15) is 39.4 Å². The molecule has 2 rings (SSSR count). The monoisotopic (exact) mass is 269 g/mol. The van der Waals surface area contributed by atoms with Crippen LogP contribution in [-0.2, 0) is 6.42 Å². The molecule has 0 aromatic carbocycles. The molecule has 2 N–H and O–H groups in total. The Hall–Kier alpha value is -0.870. The fourth-order valence-electron chi connectivity index (χ4n) is 2.20. The highest BCUT2D eigenvalue weighted by Gasteiger charge is 2.47. The van der Waals surface area contributed by atoms with Crippen molar-refractivity contribution in [3.63, 3.8) is 0 Å². The van der Waals surface area contributed by atoms with E-state index in [-0.39, 0.29) is 17.6 Å². The molecule has 0 amide bonds. The number of aryl methyl sites for hydroxylation is 1. The average Bonchev–Trinajstić information content (AvgIpc) is 2.28. The highest BCUT2D eigenvalue weighted by molar-refractivity contribution is 6.29. The third-order valence-corrected chi connectivity index (χ3v) is 3.95. The third kappa shape index (κ3) is 2.59. The standard InChI is InChI=1S/C13H20ClN3O/c1-4-5-11-16-10(14)7-12(17-11)15-8-6-9(18)13(8,2)3/h7-9,18H,4-6H2,1-3H3,(H,15,16,17). The van der Waals surface area contributed by atoms with Gasteiger partial charge in [-0.05, 0) is 12.8 Å². The Labute approximate surface area is 113 Å². The van der Waals surface area contributed by atoms with Gasteiger partial charge in [-0.3, -0.25) is 0 Å². The van der Waals surface area contributed by atoms with Gasteiger partial charge < -0.3 is 10.4 Å². The third-order valence-electron chi connectivity index (χ3n) is 3.75. The fraction of sp³-hybridized carbons (Fsp3) is 0.692. The molecule has 100 valence electrons. The normalized spacial score (nSPS) is 25.6. The predicted octanol–water partition coefficient (Wildman–Crippen LogP) is 2.65. The molecule has 2 unspecified atom stereocenters. The van der Waals surface area contributed by atoms with Gasteiger partial charge in [-0.25, -0.2) is 9.97 Å². The number of aliphatic hydroxyl groups is 1. The van der Waals surface area contributed by atoms with Crippen molar-refractivity contribution in [1.82, 2.24) is 9.97 Å².